The highest BCUT2D eigenvalue weighted by Crippen LogP contribution is 2.31. The Hall–Kier alpha value is -3.05. The molecule has 1 fully saturated rings. The number of alkyl halides is 3. The fourth-order valence-electron chi connectivity index (χ4n) is 3.62. The maximum absolute atomic E-state index is 12.9. The zero-order chi connectivity index (χ0) is 25.6. The topological polar surface area (TPSA) is 106 Å². The lowest BCUT2D eigenvalue weighted by atomic mass is 10.1. The predicted octanol–water partition coefficient (Wildman–Crippen LogP) is 3.96. The number of nitrogens with one attached hydrogen (secondary N) is 1. The zero-order valence-corrected chi connectivity index (χ0v) is 20.5. The molecule has 35 heavy (non-hydrogen) atoms. The lowest BCUT2D eigenvalue weighted by Gasteiger charge is -2.32. The summed E-state index contributed by atoms with van der Waals surface area (Å²) in [6.45, 7) is 3.49. The number of amides is 1. The molecule has 1 aromatic carbocycles. The molecule has 0 unspecified atom stereocenters. The Morgan fingerprint density at radius 2 is 1.97 bits per heavy atom. The first-order valence-electron chi connectivity index (χ1n) is 11.2. The molecule has 190 valence electrons. The summed E-state index contributed by atoms with van der Waals surface area (Å²) in [4.78, 5) is 19.7. The van der Waals surface area contributed by atoms with E-state index >= 15 is 0 Å². The summed E-state index contributed by atoms with van der Waals surface area (Å²) < 4.78 is 44.1. The predicted molar refractivity (Wildman–Crippen MR) is 131 cm³/mol. The van der Waals surface area contributed by atoms with E-state index in [9.17, 15) is 18.0 Å². The summed E-state index contributed by atoms with van der Waals surface area (Å²) in [5, 5.41) is 3.52. The van der Waals surface area contributed by atoms with E-state index in [0.29, 0.717) is 48.6 Å². The van der Waals surface area contributed by atoms with Crippen molar-refractivity contribution < 1.29 is 22.7 Å². The molecular weight excluding hydrogens is 479 g/mol. The molecule has 1 aliphatic heterocycles. The average Bonchev–Trinajstić information content (AvgIpc) is 3.22. The summed E-state index contributed by atoms with van der Waals surface area (Å²) in [6.07, 6.45) is 1.51. The summed E-state index contributed by atoms with van der Waals surface area (Å²) in [7, 11) is 0. The van der Waals surface area contributed by atoms with Gasteiger partial charge in [0.25, 0.3) is 5.91 Å². The molecule has 11 heteroatoms. The minimum absolute atomic E-state index is 0.136. The highest BCUT2D eigenvalue weighted by atomic mass is 32.1. The first kappa shape index (κ1) is 26.6. The van der Waals surface area contributed by atoms with Crippen LogP contribution < -0.4 is 21.5 Å². The molecule has 2 heterocycles. The van der Waals surface area contributed by atoms with Crippen molar-refractivity contribution in [1.82, 2.24) is 15.2 Å². The SMILES string of the molecule is C/C(N)=C/C=C(\N)CNC(=O)c1cc(OC2CCN(CC(F)(F)F)CC2)cc(-c2ncc(C)s2)c1. The van der Waals surface area contributed by atoms with Crippen molar-refractivity contribution in [2.45, 2.75) is 39.0 Å². The van der Waals surface area contributed by atoms with Crippen LogP contribution in [0.2, 0.25) is 0 Å². The maximum atomic E-state index is 12.9. The van der Waals surface area contributed by atoms with Gasteiger partial charge in [-0.2, -0.15) is 13.2 Å². The van der Waals surface area contributed by atoms with Crippen molar-refractivity contribution in [3.8, 4) is 16.3 Å². The van der Waals surface area contributed by atoms with Gasteiger partial charge >= 0.3 is 6.18 Å². The summed E-state index contributed by atoms with van der Waals surface area (Å²) >= 11 is 1.49. The van der Waals surface area contributed by atoms with Crippen LogP contribution in [0.15, 0.2) is 47.9 Å². The molecule has 5 N–H and O–H groups in total. The zero-order valence-electron chi connectivity index (χ0n) is 19.7. The summed E-state index contributed by atoms with van der Waals surface area (Å²) in [5.41, 5.74) is 13.6. The fourth-order valence-corrected chi connectivity index (χ4v) is 4.37. The van der Waals surface area contributed by atoms with E-state index in [2.05, 4.69) is 10.3 Å². The molecule has 0 radical (unpaired) electrons. The Morgan fingerprint density at radius 1 is 1.26 bits per heavy atom. The van der Waals surface area contributed by atoms with Crippen LogP contribution in [0.1, 0.15) is 35.0 Å². The molecule has 0 spiro atoms. The van der Waals surface area contributed by atoms with Gasteiger partial charge in [-0.1, -0.05) is 0 Å². The van der Waals surface area contributed by atoms with E-state index in [0.717, 1.165) is 15.4 Å². The third-order valence-electron chi connectivity index (χ3n) is 5.29. The lowest BCUT2D eigenvalue weighted by molar-refractivity contribution is -0.149. The molecule has 0 aliphatic carbocycles. The quantitative estimate of drug-likeness (QED) is 0.465. The standard InChI is InChI=1S/C24H30F3N5O2S/c1-15(28)3-4-19(29)13-30-22(33)17-9-18(23-31-12-16(2)35-23)11-21(10-17)34-20-5-7-32(8-6-20)14-24(25,26)27/h3-4,9-12,20H,5-8,13-14,28-29H2,1-2H3,(H,30,33)/b15-3-,19-4-. The van der Waals surface area contributed by atoms with Gasteiger partial charge in [-0.05, 0) is 57.0 Å². The molecule has 1 aromatic heterocycles. The number of ether oxygens (including phenoxy) is 1. The van der Waals surface area contributed by atoms with Crippen molar-refractivity contribution in [3.05, 3.63) is 58.4 Å². The van der Waals surface area contributed by atoms with Crippen LogP contribution in [0.3, 0.4) is 0 Å². The first-order valence-corrected chi connectivity index (χ1v) is 12.0. The minimum Gasteiger partial charge on any atom is -0.490 e. The number of rotatable bonds is 8. The van der Waals surface area contributed by atoms with E-state index in [4.69, 9.17) is 16.2 Å². The number of nitrogens with two attached hydrogens (primary N) is 2. The summed E-state index contributed by atoms with van der Waals surface area (Å²) in [5.74, 6) is 0.134. The van der Waals surface area contributed by atoms with E-state index in [1.165, 1.54) is 16.2 Å². The second-order valence-electron chi connectivity index (χ2n) is 8.57. The Morgan fingerprint density at radius 3 is 2.57 bits per heavy atom. The molecular formula is C24H30F3N5O2S. The van der Waals surface area contributed by atoms with Crippen LogP contribution in [0.4, 0.5) is 13.2 Å². The number of likely N-dealkylation sites (tertiary alicyclic amines) is 1. The van der Waals surface area contributed by atoms with Crippen LogP contribution in [-0.4, -0.2) is 54.3 Å². The number of aromatic nitrogens is 1. The van der Waals surface area contributed by atoms with E-state index in [1.807, 2.05) is 6.92 Å². The monoisotopic (exact) mass is 509 g/mol. The number of hydrogen-bond donors (Lipinski definition) is 3. The highest BCUT2D eigenvalue weighted by Gasteiger charge is 2.33. The van der Waals surface area contributed by atoms with Gasteiger partial charge in [0, 0.05) is 46.7 Å². The van der Waals surface area contributed by atoms with Gasteiger partial charge in [-0.25, -0.2) is 4.98 Å². The van der Waals surface area contributed by atoms with Crippen LogP contribution in [0.5, 0.6) is 5.75 Å². The van der Waals surface area contributed by atoms with Crippen molar-refractivity contribution in [3.63, 3.8) is 0 Å². The largest absolute Gasteiger partial charge is 0.490 e. The Labute approximate surface area is 206 Å². The maximum Gasteiger partial charge on any atom is 0.401 e. The molecule has 7 nitrogen and oxygen atoms in total. The molecule has 0 bridgehead atoms. The number of allylic oxidation sites excluding steroid dienone is 3. The number of piperidine rings is 1. The number of thiazole rings is 1. The molecule has 2 aromatic rings. The highest BCUT2D eigenvalue weighted by molar-refractivity contribution is 7.14. The third kappa shape index (κ3) is 8.59. The first-order chi connectivity index (χ1) is 16.5. The molecule has 3 rings (SSSR count). The number of carbonyl (C=O) groups excluding carboxylic acids is 1. The van der Waals surface area contributed by atoms with Crippen molar-refractivity contribution in [2.24, 2.45) is 11.5 Å². The fraction of sp³-hybridized carbons (Fsp3) is 0.417. The minimum atomic E-state index is -4.21. The molecule has 0 atom stereocenters. The second kappa shape index (κ2) is 11.6. The van der Waals surface area contributed by atoms with Gasteiger partial charge in [0.1, 0.15) is 16.9 Å². The van der Waals surface area contributed by atoms with Gasteiger partial charge < -0.3 is 21.5 Å². The second-order valence-corrected chi connectivity index (χ2v) is 9.80. The Kier molecular flexibility index (Phi) is 8.79. The third-order valence-corrected chi connectivity index (χ3v) is 6.25. The average molecular weight is 510 g/mol. The van der Waals surface area contributed by atoms with E-state index in [1.54, 1.807) is 43.5 Å². The van der Waals surface area contributed by atoms with E-state index < -0.39 is 12.7 Å². The van der Waals surface area contributed by atoms with Crippen LogP contribution in [0, 0.1) is 6.92 Å². The van der Waals surface area contributed by atoms with Crippen molar-refractivity contribution in [1.29, 1.82) is 0 Å². The van der Waals surface area contributed by atoms with Crippen LogP contribution in [0.25, 0.3) is 10.6 Å². The number of benzene rings is 1. The normalized spacial score (nSPS) is 16.4. The van der Waals surface area contributed by atoms with Gasteiger partial charge in [0.15, 0.2) is 0 Å². The molecule has 1 amide bonds. The van der Waals surface area contributed by atoms with E-state index in [-0.39, 0.29) is 18.6 Å². The number of halogens is 3. The number of aryl methyl sites for hydroxylation is 1. The van der Waals surface area contributed by atoms with Gasteiger partial charge in [0.2, 0.25) is 0 Å². The Balaban J connectivity index is 1.74. The van der Waals surface area contributed by atoms with Crippen LogP contribution in [-0.2, 0) is 0 Å². The van der Waals surface area contributed by atoms with Crippen molar-refractivity contribution in [2.75, 3.05) is 26.2 Å². The van der Waals surface area contributed by atoms with Crippen LogP contribution >= 0.6 is 11.3 Å². The molecule has 1 saturated heterocycles. The molecule has 1 aliphatic rings. The summed E-state index contributed by atoms with van der Waals surface area (Å²) in [6, 6.07) is 5.17. The van der Waals surface area contributed by atoms with Crippen molar-refractivity contribution >= 4 is 17.2 Å². The van der Waals surface area contributed by atoms with Gasteiger partial charge in [-0.3, -0.25) is 9.69 Å². The molecule has 0 saturated carbocycles. The van der Waals surface area contributed by atoms with Gasteiger partial charge in [-0.15, -0.1) is 11.3 Å². The number of hydrogen-bond acceptors (Lipinski definition) is 7. The smallest absolute Gasteiger partial charge is 0.401 e. The number of carbonyl (C=O) groups is 1. The lowest BCUT2D eigenvalue weighted by Crippen LogP contribution is -2.42. The van der Waals surface area contributed by atoms with Gasteiger partial charge in [0.05, 0.1) is 13.1 Å². The Bertz CT molecular complexity index is 1090. The number of nitrogens with zero attached hydrogens (tertiary/aromatic N) is 2.